The molecule has 0 amide bonds. The molecule has 2 bridgehead atoms. The lowest BCUT2D eigenvalue weighted by Crippen LogP contribution is -2.76. The molecule has 7 rings (SSSR count). The number of hydrogen-bond acceptors (Lipinski definition) is 10. The molecule has 1 aromatic rings. The largest absolute Gasteiger partial charge is 0.479 e. The van der Waals surface area contributed by atoms with E-state index in [9.17, 15) is 35.1 Å². The van der Waals surface area contributed by atoms with Crippen LogP contribution < -0.4 is 9.47 Å². The molecule has 11 nitrogen and oxygen atoms in total. The Morgan fingerprint density at radius 2 is 2.00 bits per heavy atom. The summed E-state index contributed by atoms with van der Waals surface area (Å²) in [6, 6.07) is 2.51. The summed E-state index contributed by atoms with van der Waals surface area (Å²) in [7, 11) is 0. The molecule has 5 unspecified atom stereocenters. The van der Waals surface area contributed by atoms with E-state index < -0.39 is 72.2 Å². The molecule has 6 aliphatic rings. The van der Waals surface area contributed by atoms with Gasteiger partial charge in [0.15, 0.2) is 29.5 Å². The highest BCUT2D eigenvalue weighted by Crippen LogP contribution is 2.65. The molecule has 1 spiro atoms. The Morgan fingerprint density at radius 3 is 2.73 bits per heavy atom. The van der Waals surface area contributed by atoms with Gasteiger partial charge in [-0.2, -0.15) is 0 Å². The van der Waals surface area contributed by atoms with Gasteiger partial charge in [-0.25, -0.2) is 4.79 Å². The van der Waals surface area contributed by atoms with Crippen molar-refractivity contribution in [3.05, 3.63) is 23.3 Å². The Labute approximate surface area is 216 Å². The van der Waals surface area contributed by atoms with E-state index in [1.165, 1.54) is 6.07 Å². The van der Waals surface area contributed by atoms with Crippen molar-refractivity contribution < 1.29 is 53.4 Å². The molecule has 3 heterocycles. The number of likely N-dealkylation sites (tertiary alicyclic amines) is 1. The zero-order valence-electron chi connectivity index (χ0n) is 22.9. The highest BCUT2D eigenvalue weighted by atomic mass is 16.7. The number of aliphatic hydroxyl groups excluding tert-OH is 3. The van der Waals surface area contributed by atoms with Crippen LogP contribution in [0.25, 0.3) is 0 Å². The SMILES string of the molecule is [2H]C1(C([2H])([2H])N2CC[C@]34c5c6ccc(OC7OC(C(=O)O)C(O)C(O)C7O)c5O[C@H]3C(=O)CC[C@@]4(O)[C@H]2C6)CC1. The number of Topliss-reactive ketones (excluding diaryl/α,β-unsaturated/α-hetero) is 1. The smallest absolute Gasteiger partial charge is 0.335 e. The van der Waals surface area contributed by atoms with E-state index in [0.29, 0.717) is 18.4 Å². The van der Waals surface area contributed by atoms with E-state index in [1.807, 2.05) is 0 Å². The molecule has 11 heteroatoms. The fraction of sp³-hybridized carbons (Fsp3) is 0.692. The van der Waals surface area contributed by atoms with Crippen LogP contribution in [0.2, 0.25) is 0 Å². The number of ketones is 1. The van der Waals surface area contributed by atoms with Crippen LogP contribution in [0.3, 0.4) is 0 Å². The number of hydrogen-bond donors (Lipinski definition) is 5. The normalized spacial score (nSPS) is 46.6. The topological polar surface area (TPSA) is 166 Å². The van der Waals surface area contributed by atoms with Gasteiger partial charge >= 0.3 is 5.97 Å². The number of rotatable bonds is 5. The molecule has 5 N–H and O–H groups in total. The van der Waals surface area contributed by atoms with Gasteiger partial charge in [0.2, 0.25) is 6.29 Å². The van der Waals surface area contributed by atoms with Crippen molar-refractivity contribution in [1.29, 1.82) is 0 Å². The number of aliphatic carboxylic acids is 1. The second kappa shape index (κ2) is 7.87. The van der Waals surface area contributed by atoms with Gasteiger partial charge in [0.1, 0.15) is 18.3 Å². The second-order valence-corrected chi connectivity index (χ2v) is 11.0. The fourth-order valence-electron chi connectivity index (χ4n) is 7.19. The van der Waals surface area contributed by atoms with Gasteiger partial charge in [-0.3, -0.25) is 9.69 Å². The number of piperidine rings is 1. The van der Waals surface area contributed by atoms with Gasteiger partial charge in [0, 0.05) is 28.6 Å². The average Bonchev–Trinajstić information content (AvgIpc) is 3.56. The minimum atomic E-state index is -1.98. The van der Waals surface area contributed by atoms with Gasteiger partial charge in [-0.1, -0.05) is 6.07 Å². The van der Waals surface area contributed by atoms with Crippen LogP contribution in [-0.4, -0.2) is 104 Å². The number of ether oxygens (including phenoxy) is 3. The summed E-state index contributed by atoms with van der Waals surface area (Å²) in [4.78, 5) is 26.4. The van der Waals surface area contributed by atoms with Crippen molar-refractivity contribution in [2.24, 2.45) is 5.89 Å². The Kier molecular flexibility index (Phi) is 4.39. The highest BCUT2D eigenvalue weighted by molar-refractivity contribution is 5.90. The number of aliphatic hydroxyl groups is 4. The maximum absolute atomic E-state index is 13.3. The summed E-state index contributed by atoms with van der Waals surface area (Å²) < 4.78 is 43.7. The Balaban J connectivity index is 1.30. The van der Waals surface area contributed by atoms with Gasteiger partial charge < -0.3 is 39.7 Å². The Morgan fingerprint density at radius 1 is 1.22 bits per heavy atom. The lowest BCUT2D eigenvalue weighted by molar-refractivity contribution is -0.271. The van der Waals surface area contributed by atoms with Gasteiger partial charge in [-0.05, 0) is 56.2 Å². The zero-order chi connectivity index (χ0) is 28.6. The van der Waals surface area contributed by atoms with Gasteiger partial charge in [0.05, 0.1) is 11.0 Å². The first-order valence-electron chi connectivity index (χ1n) is 14.2. The van der Waals surface area contributed by atoms with Crippen molar-refractivity contribution in [3.8, 4) is 11.5 Å². The number of carbonyl (C=O) groups is 2. The Hall–Kier alpha value is -2.28. The molecule has 9 atom stereocenters. The summed E-state index contributed by atoms with van der Waals surface area (Å²) in [6.07, 6.45) is -8.75. The monoisotopic (exact) mass is 520 g/mol. The van der Waals surface area contributed by atoms with E-state index in [2.05, 4.69) is 0 Å². The summed E-state index contributed by atoms with van der Waals surface area (Å²) in [5, 5.41) is 52.5. The Bertz CT molecular complexity index is 1310. The van der Waals surface area contributed by atoms with Gasteiger partial charge in [-0.15, -0.1) is 0 Å². The molecule has 200 valence electrons. The first kappa shape index (κ1) is 20.7. The third-order valence-corrected chi connectivity index (χ3v) is 9.10. The van der Waals surface area contributed by atoms with Crippen molar-refractivity contribution in [1.82, 2.24) is 4.90 Å². The number of carbonyl (C=O) groups excluding carboxylic acids is 1. The van der Waals surface area contributed by atoms with Crippen LogP contribution in [0, 0.1) is 5.89 Å². The van der Waals surface area contributed by atoms with E-state index in [0.717, 1.165) is 5.56 Å². The third-order valence-electron chi connectivity index (χ3n) is 9.10. The van der Waals surface area contributed by atoms with Crippen LogP contribution in [0.5, 0.6) is 11.5 Å². The van der Waals surface area contributed by atoms with E-state index in [-0.39, 0.29) is 49.5 Å². The maximum Gasteiger partial charge on any atom is 0.335 e. The summed E-state index contributed by atoms with van der Waals surface area (Å²) in [5.74, 6) is -2.87. The minimum absolute atomic E-state index is 0.00811. The first-order chi connectivity index (χ1) is 18.8. The molecule has 3 aliphatic carbocycles. The number of carboxylic acid groups (broad SMARTS) is 1. The van der Waals surface area contributed by atoms with Crippen molar-refractivity contribution in [2.75, 3.05) is 13.0 Å². The minimum Gasteiger partial charge on any atom is -0.479 e. The van der Waals surface area contributed by atoms with E-state index >= 15 is 0 Å². The maximum atomic E-state index is 13.3. The molecule has 0 radical (unpaired) electrons. The van der Waals surface area contributed by atoms with Crippen LogP contribution in [0.1, 0.15) is 47.3 Å². The number of carboxylic acids is 1. The number of nitrogens with zero attached hydrogens (tertiary/aromatic N) is 1. The van der Waals surface area contributed by atoms with E-state index in [4.69, 9.17) is 18.3 Å². The molecule has 3 aliphatic heterocycles. The fourth-order valence-corrected chi connectivity index (χ4v) is 7.19. The second-order valence-electron chi connectivity index (χ2n) is 11.0. The highest BCUT2D eigenvalue weighted by Gasteiger charge is 2.73. The summed E-state index contributed by atoms with van der Waals surface area (Å²) in [6.45, 7) is -1.78. The zero-order valence-corrected chi connectivity index (χ0v) is 19.9. The first-order valence-corrected chi connectivity index (χ1v) is 12.7. The molecule has 1 aromatic carbocycles. The predicted octanol–water partition coefficient (Wildman–Crippen LogP) is -0.909. The van der Waals surface area contributed by atoms with Crippen molar-refractivity contribution in [2.45, 2.75) is 92.4 Å². The molecule has 2 saturated heterocycles. The number of benzene rings is 1. The molecular weight excluding hydrogens is 486 g/mol. The van der Waals surface area contributed by atoms with Crippen molar-refractivity contribution in [3.63, 3.8) is 0 Å². The molecule has 0 aromatic heterocycles. The molecule has 2 saturated carbocycles. The van der Waals surface area contributed by atoms with Crippen LogP contribution in [-0.2, 0) is 26.2 Å². The van der Waals surface area contributed by atoms with Crippen LogP contribution in [0.15, 0.2) is 12.1 Å². The molecular formula is C26H31NO10. The summed E-state index contributed by atoms with van der Waals surface area (Å²) in [5.41, 5.74) is -1.43. The predicted molar refractivity (Wildman–Crippen MR) is 123 cm³/mol. The lowest BCUT2D eigenvalue weighted by atomic mass is 9.49. The van der Waals surface area contributed by atoms with E-state index in [1.54, 1.807) is 11.0 Å². The standard InChI is InChI=1S/C26H31NO10/c28-13-5-6-26(34)15-9-12-3-4-14(35-24-19(31)17(29)18(30)21(37-24)23(32)33)20-16(12)25(26,22(13)36-20)7-8-27(15)10-11-1-2-11/h3-4,11,15,17-19,21-22,24,29-31,34H,1-2,5-10H2,(H,32,33)/t15-,17?,18?,19?,21?,22+,24?,25+,26-/m1/s1/i10D2,11D. The lowest BCUT2D eigenvalue weighted by Gasteiger charge is -2.62. The molecule has 37 heavy (non-hydrogen) atoms. The molecule has 4 fully saturated rings. The average molecular weight is 521 g/mol. The van der Waals surface area contributed by atoms with Gasteiger partial charge in [0.25, 0.3) is 0 Å². The summed E-state index contributed by atoms with van der Waals surface area (Å²) >= 11 is 0. The van der Waals surface area contributed by atoms with Crippen molar-refractivity contribution >= 4 is 11.8 Å². The van der Waals surface area contributed by atoms with Crippen LogP contribution >= 0.6 is 0 Å². The third kappa shape index (κ3) is 3.09. The van der Waals surface area contributed by atoms with Crippen LogP contribution in [0.4, 0.5) is 0 Å². The quantitative estimate of drug-likeness (QED) is 0.326.